The van der Waals surface area contributed by atoms with Crippen molar-refractivity contribution >= 4 is 44.5 Å². The summed E-state index contributed by atoms with van der Waals surface area (Å²) in [6, 6.07) is 15.2. The highest BCUT2D eigenvalue weighted by Crippen LogP contribution is 2.44. The van der Waals surface area contributed by atoms with Crippen molar-refractivity contribution in [1.29, 1.82) is 0 Å². The maximum Gasteiger partial charge on any atom is 0.271 e. The summed E-state index contributed by atoms with van der Waals surface area (Å²) in [5.74, 6) is -0.181. The van der Waals surface area contributed by atoms with E-state index in [9.17, 15) is 9.90 Å². The summed E-state index contributed by atoms with van der Waals surface area (Å²) in [6.45, 7) is 4.08. The Labute approximate surface area is 175 Å². The molecule has 27 heavy (non-hydrogen) atoms. The molecule has 0 saturated carbocycles. The molecule has 0 spiro atoms. The third-order valence-corrected chi connectivity index (χ3v) is 6.86. The van der Waals surface area contributed by atoms with Crippen LogP contribution in [0.4, 0.5) is 0 Å². The first kappa shape index (κ1) is 20.2. The van der Waals surface area contributed by atoms with Gasteiger partial charge < -0.3 is 5.11 Å². The maximum atomic E-state index is 12.6. The number of rotatable bonds is 2. The second kappa shape index (κ2) is 7.85. The summed E-state index contributed by atoms with van der Waals surface area (Å²) < 4.78 is 1.21. The molecule has 7 heteroatoms. The minimum absolute atomic E-state index is 0.181. The fraction of sp³-hybridized carbons (Fsp3) is 0.250. The van der Waals surface area contributed by atoms with Gasteiger partial charge in [-0.15, -0.1) is 22.7 Å². The van der Waals surface area contributed by atoms with Crippen LogP contribution in [0.25, 0.3) is 0 Å². The highest BCUT2D eigenvalue weighted by atomic mass is 79.9. The molecule has 1 N–H and O–H groups in total. The predicted octanol–water partition coefficient (Wildman–Crippen LogP) is 5.00. The van der Waals surface area contributed by atoms with Crippen LogP contribution in [0.15, 0.2) is 52.3 Å². The van der Waals surface area contributed by atoms with E-state index in [0.29, 0.717) is 11.1 Å². The Bertz CT molecular complexity index is 950. The van der Waals surface area contributed by atoms with Crippen molar-refractivity contribution < 1.29 is 9.90 Å². The molecular formula is C20H21BrN2O2S2. The molecule has 1 aliphatic heterocycles. The summed E-state index contributed by atoms with van der Waals surface area (Å²) in [5, 5.41) is 14.3. The van der Waals surface area contributed by atoms with E-state index in [-0.39, 0.29) is 5.91 Å². The van der Waals surface area contributed by atoms with Crippen LogP contribution in [-0.4, -0.2) is 35.1 Å². The monoisotopic (exact) mass is 464 g/mol. The van der Waals surface area contributed by atoms with Crippen molar-refractivity contribution in [3.8, 4) is 0 Å². The number of aliphatic hydroxyl groups is 1. The van der Waals surface area contributed by atoms with Gasteiger partial charge in [-0.2, -0.15) is 0 Å². The Morgan fingerprint density at radius 1 is 1.00 bits per heavy atom. The smallest absolute Gasteiger partial charge is 0.271 e. The first-order chi connectivity index (χ1) is 12.7. The van der Waals surface area contributed by atoms with E-state index in [1.54, 1.807) is 36.5 Å². The molecule has 0 radical (unpaired) electrons. The van der Waals surface area contributed by atoms with Gasteiger partial charge in [-0.3, -0.25) is 4.79 Å². The van der Waals surface area contributed by atoms with Gasteiger partial charge in [0, 0.05) is 35.0 Å². The highest BCUT2D eigenvalue weighted by molar-refractivity contribution is 9.11. The van der Waals surface area contributed by atoms with Gasteiger partial charge in [-0.1, -0.05) is 18.2 Å². The maximum absolute atomic E-state index is 12.6. The average Bonchev–Trinajstić information content (AvgIpc) is 3.28. The highest BCUT2D eigenvalue weighted by Gasteiger charge is 2.51. The van der Waals surface area contributed by atoms with E-state index in [2.05, 4.69) is 35.0 Å². The van der Waals surface area contributed by atoms with E-state index in [4.69, 9.17) is 0 Å². The molecule has 1 amide bonds. The SMILES string of the molecule is Cc1ccc(Br)s1.Cc1ccc(C2(O)c3ccccc3C(=O)N2N(C)C)s1. The summed E-state index contributed by atoms with van der Waals surface area (Å²) >= 11 is 6.61. The van der Waals surface area contributed by atoms with Crippen LogP contribution in [-0.2, 0) is 5.72 Å². The van der Waals surface area contributed by atoms with Gasteiger partial charge >= 0.3 is 0 Å². The second-order valence-electron chi connectivity index (χ2n) is 6.44. The van der Waals surface area contributed by atoms with E-state index < -0.39 is 5.72 Å². The topological polar surface area (TPSA) is 43.8 Å². The molecule has 1 aromatic carbocycles. The first-order valence-electron chi connectivity index (χ1n) is 8.37. The number of nitrogens with zero attached hydrogens (tertiary/aromatic N) is 2. The molecule has 0 saturated heterocycles. The number of hydrazine groups is 1. The molecule has 0 bridgehead atoms. The average molecular weight is 465 g/mol. The normalized spacial score (nSPS) is 18.5. The van der Waals surface area contributed by atoms with Gasteiger partial charge in [0.2, 0.25) is 5.72 Å². The second-order valence-corrected chi connectivity index (χ2v) is 10.4. The van der Waals surface area contributed by atoms with Crippen LogP contribution in [0.1, 0.15) is 30.6 Å². The van der Waals surface area contributed by atoms with Gasteiger partial charge in [0.05, 0.1) is 8.66 Å². The number of aryl methyl sites for hydroxylation is 2. The fourth-order valence-corrected chi connectivity index (χ4v) is 5.52. The number of halogens is 1. The Balaban J connectivity index is 0.000000253. The summed E-state index contributed by atoms with van der Waals surface area (Å²) in [5.41, 5.74) is -0.230. The van der Waals surface area contributed by atoms with Crippen LogP contribution < -0.4 is 0 Å². The number of thiophene rings is 2. The Kier molecular flexibility index (Phi) is 5.88. The lowest BCUT2D eigenvalue weighted by Crippen LogP contribution is -2.51. The standard InChI is InChI=1S/C15H16N2O2S.C5H5BrS/c1-10-8-9-13(20-10)15(19)12-7-5-4-6-11(12)14(18)17(15)16(2)3;1-4-2-3-5(6)7-4/h4-9,19H,1-3H3;2-3H,1H3. The molecule has 4 rings (SSSR count). The molecular weight excluding hydrogens is 444 g/mol. The lowest BCUT2D eigenvalue weighted by Gasteiger charge is -2.37. The van der Waals surface area contributed by atoms with Crippen molar-refractivity contribution in [2.24, 2.45) is 0 Å². The molecule has 0 aliphatic carbocycles. The molecule has 0 fully saturated rings. The van der Waals surface area contributed by atoms with Crippen molar-refractivity contribution in [1.82, 2.24) is 10.0 Å². The van der Waals surface area contributed by atoms with Gasteiger partial charge in [0.25, 0.3) is 5.91 Å². The van der Waals surface area contributed by atoms with Gasteiger partial charge in [-0.05, 0) is 60.1 Å². The van der Waals surface area contributed by atoms with Gasteiger partial charge in [-0.25, -0.2) is 10.0 Å². The largest absolute Gasteiger partial charge is 0.361 e. The lowest BCUT2D eigenvalue weighted by molar-refractivity contribution is -0.134. The molecule has 3 heterocycles. The number of benzene rings is 1. The number of carbonyl (C=O) groups excluding carboxylic acids is 1. The quantitative estimate of drug-likeness (QED) is 0.579. The number of hydrogen-bond acceptors (Lipinski definition) is 5. The van der Waals surface area contributed by atoms with Crippen molar-refractivity contribution in [3.63, 3.8) is 0 Å². The number of amides is 1. The van der Waals surface area contributed by atoms with Crippen LogP contribution in [0.2, 0.25) is 0 Å². The first-order valence-corrected chi connectivity index (χ1v) is 10.8. The Hall–Kier alpha value is -1.51. The van der Waals surface area contributed by atoms with Gasteiger partial charge in [0.1, 0.15) is 0 Å². The molecule has 2 aromatic heterocycles. The van der Waals surface area contributed by atoms with Gasteiger partial charge in [0.15, 0.2) is 0 Å². The Morgan fingerprint density at radius 3 is 2.11 bits per heavy atom. The number of hydrogen-bond donors (Lipinski definition) is 1. The summed E-state index contributed by atoms with van der Waals surface area (Å²) in [7, 11) is 3.52. The molecule has 4 nitrogen and oxygen atoms in total. The zero-order valence-corrected chi connectivity index (χ0v) is 18.8. The minimum atomic E-state index is -1.42. The van der Waals surface area contributed by atoms with Crippen molar-refractivity contribution in [2.75, 3.05) is 14.1 Å². The number of fused-ring (bicyclic) bond motifs is 1. The molecule has 142 valence electrons. The van der Waals surface area contributed by atoms with E-state index >= 15 is 0 Å². The van der Waals surface area contributed by atoms with E-state index in [1.165, 1.54) is 25.0 Å². The summed E-state index contributed by atoms with van der Waals surface area (Å²) in [4.78, 5) is 15.8. The van der Waals surface area contributed by atoms with Crippen molar-refractivity contribution in [2.45, 2.75) is 19.6 Å². The Morgan fingerprint density at radius 2 is 1.63 bits per heavy atom. The molecule has 1 atom stereocenters. The molecule has 1 aliphatic rings. The van der Waals surface area contributed by atoms with Crippen LogP contribution in [0.5, 0.6) is 0 Å². The fourth-order valence-electron chi connectivity index (χ4n) is 3.08. The summed E-state index contributed by atoms with van der Waals surface area (Å²) in [6.07, 6.45) is 0. The van der Waals surface area contributed by atoms with E-state index in [0.717, 1.165) is 9.75 Å². The van der Waals surface area contributed by atoms with Crippen LogP contribution in [0.3, 0.4) is 0 Å². The zero-order chi connectivity index (χ0) is 19.8. The lowest BCUT2D eigenvalue weighted by atomic mass is 10.0. The molecule has 1 unspecified atom stereocenters. The van der Waals surface area contributed by atoms with E-state index in [1.807, 2.05) is 37.3 Å². The third-order valence-electron chi connectivity index (χ3n) is 4.22. The van der Waals surface area contributed by atoms with Crippen molar-refractivity contribution in [3.05, 3.63) is 78.1 Å². The van der Waals surface area contributed by atoms with Crippen LogP contribution >= 0.6 is 38.6 Å². The minimum Gasteiger partial charge on any atom is -0.361 e. The molecule has 3 aromatic rings. The van der Waals surface area contributed by atoms with Crippen LogP contribution in [0, 0.1) is 13.8 Å². The third kappa shape index (κ3) is 3.75. The number of carbonyl (C=O) groups is 1. The zero-order valence-electron chi connectivity index (χ0n) is 15.6. The predicted molar refractivity (Wildman–Crippen MR) is 115 cm³/mol.